The van der Waals surface area contributed by atoms with Crippen molar-refractivity contribution in [2.75, 3.05) is 0 Å². The monoisotopic (exact) mass is 294 g/mol. The van der Waals surface area contributed by atoms with Crippen LogP contribution in [0, 0.1) is 0 Å². The lowest BCUT2D eigenvalue weighted by molar-refractivity contribution is -0.121. The average molecular weight is 294 g/mol. The van der Waals surface area contributed by atoms with E-state index in [2.05, 4.69) is 17.5 Å². The number of carbonyl (C=O) groups is 1. The van der Waals surface area contributed by atoms with Crippen molar-refractivity contribution in [3.63, 3.8) is 0 Å². The van der Waals surface area contributed by atoms with Crippen LogP contribution in [0.5, 0.6) is 0 Å². The number of thiophene rings is 1. The summed E-state index contributed by atoms with van der Waals surface area (Å²) in [6.45, 7) is 4.14. The molecule has 0 bridgehead atoms. The van der Waals surface area contributed by atoms with Gasteiger partial charge in [-0.2, -0.15) is 5.10 Å². The zero-order valence-corrected chi connectivity index (χ0v) is 13.5. The first kappa shape index (κ1) is 16.9. The molecule has 0 aromatic carbocycles. The van der Waals surface area contributed by atoms with Crippen LogP contribution in [0.1, 0.15) is 70.1 Å². The fourth-order valence-corrected chi connectivity index (χ4v) is 2.66. The van der Waals surface area contributed by atoms with Gasteiger partial charge in [-0.25, -0.2) is 5.43 Å². The molecule has 0 aliphatic heterocycles. The second-order valence-electron chi connectivity index (χ2n) is 5.08. The molecule has 1 aromatic heterocycles. The Labute approximate surface area is 126 Å². The number of nitrogens with zero attached hydrogens (tertiary/aromatic N) is 1. The fourth-order valence-electron chi connectivity index (χ4n) is 1.98. The van der Waals surface area contributed by atoms with Crippen molar-refractivity contribution < 1.29 is 4.79 Å². The lowest BCUT2D eigenvalue weighted by atomic mass is 10.1. The zero-order chi connectivity index (χ0) is 14.6. The molecule has 0 aliphatic rings. The van der Waals surface area contributed by atoms with Gasteiger partial charge in [0.1, 0.15) is 0 Å². The van der Waals surface area contributed by atoms with E-state index >= 15 is 0 Å². The van der Waals surface area contributed by atoms with Gasteiger partial charge in [0.25, 0.3) is 0 Å². The van der Waals surface area contributed by atoms with Crippen LogP contribution in [-0.2, 0) is 4.79 Å². The van der Waals surface area contributed by atoms with Crippen molar-refractivity contribution in [2.45, 2.75) is 65.2 Å². The number of unbranched alkanes of at least 4 members (excludes halogenated alkanes) is 6. The van der Waals surface area contributed by atoms with Gasteiger partial charge < -0.3 is 0 Å². The van der Waals surface area contributed by atoms with Crippen LogP contribution in [0.2, 0.25) is 0 Å². The molecule has 1 amide bonds. The van der Waals surface area contributed by atoms with Gasteiger partial charge in [-0.1, -0.05) is 51.5 Å². The molecule has 112 valence electrons. The highest BCUT2D eigenvalue weighted by molar-refractivity contribution is 7.12. The van der Waals surface area contributed by atoms with Crippen LogP contribution in [0.4, 0.5) is 0 Å². The predicted octanol–water partition coefficient (Wildman–Crippen LogP) is 4.73. The van der Waals surface area contributed by atoms with Crippen molar-refractivity contribution in [1.82, 2.24) is 5.43 Å². The van der Waals surface area contributed by atoms with Crippen LogP contribution < -0.4 is 5.43 Å². The average Bonchev–Trinajstić information content (AvgIpc) is 2.98. The van der Waals surface area contributed by atoms with E-state index in [9.17, 15) is 4.79 Å². The summed E-state index contributed by atoms with van der Waals surface area (Å²) in [6.07, 6.45) is 9.16. The van der Waals surface area contributed by atoms with Gasteiger partial charge in [0, 0.05) is 11.3 Å². The van der Waals surface area contributed by atoms with Crippen molar-refractivity contribution in [3.8, 4) is 0 Å². The SMILES string of the molecule is CCCCCCCCCC(=O)N/N=C(\C)c1cccs1. The summed E-state index contributed by atoms with van der Waals surface area (Å²) in [4.78, 5) is 12.7. The molecule has 0 saturated carbocycles. The van der Waals surface area contributed by atoms with Gasteiger partial charge in [0.05, 0.1) is 5.71 Å². The molecule has 0 atom stereocenters. The lowest BCUT2D eigenvalue weighted by Crippen LogP contribution is -2.18. The zero-order valence-electron chi connectivity index (χ0n) is 12.7. The molecule has 1 aromatic rings. The van der Waals surface area contributed by atoms with Gasteiger partial charge >= 0.3 is 0 Å². The quantitative estimate of drug-likeness (QED) is 0.378. The third kappa shape index (κ3) is 7.43. The van der Waals surface area contributed by atoms with E-state index in [1.165, 1.54) is 32.1 Å². The first-order valence-corrected chi connectivity index (χ1v) is 8.49. The molecule has 0 fully saturated rings. The summed E-state index contributed by atoms with van der Waals surface area (Å²) in [6, 6.07) is 3.99. The van der Waals surface area contributed by atoms with E-state index in [1.54, 1.807) is 11.3 Å². The van der Waals surface area contributed by atoms with E-state index < -0.39 is 0 Å². The maximum Gasteiger partial charge on any atom is 0.240 e. The Kier molecular flexibility index (Phi) is 8.96. The molecular weight excluding hydrogens is 268 g/mol. The highest BCUT2D eigenvalue weighted by atomic mass is 32.1. The van der Waals surface area contributed by atoms with Crippen LogP contribution in [0.15, 0.2) is 22.6 Å². The van der Waals surface area contributed by atoms with Crippen LogP contribution in [0.3, 0.4) is 0 Å². The molecule has 3 nitrogen and oxygen atoms in total. The highest BCUT2D eigenvalue weighted by Gasteiger charge is 2.02. The fraction of sp³-hybridized carbons (Fsp3) is 0.625. The van der Waals surface area contributed by atoms with Crippen LogP contribution in [0.25, 0.3) is 0 Å². The van der Waals surface area contributed by atoms with Crippen molar-refractivity contribution in [2.24, 2.45) is 5.10 Å². The van der Waals surface area contributed by atoms with Crippen molar-refractivity contribution in [3.05, 3.63) is 22.4 Å². The third-order valence-electron chi connectivity index (χ3n) is 3.23. The summed E-state index contributed by atoms with van der Waals surface area (Å²) >= 11 is 1.63. The summed E-state index contributed by atoms with van der Waals surface area (Å²) in [5, 5.41) is 6.14. The minimum Gasteiger partial charge on any atom is -0.273 e. The Morgan fingerprint density at radius 1 is 1.20 bits per heavy atom. The van der Waals surface area contributed by atoms with E-state index in [0.717, 1.165) is 23.4 Å². The molecule has 0 saturated heterocycles. The highest BCUT2D eigenvalue weighted by Crippen LogP contribution is 2.10. The van der Waals surface area contributed by atoms with Gasteiger partial charge in [-0.05, 0) is 24.8 Å². The summed E-state index contributed by atoms with van der Waals surface area (Å²) < 4.78 is 0. The second kappa shape index (κ2) is 10.6. The lowest BCUT2D eigenvalue weighted by Gasteiger charge is -2.02. The van der Waals surface area contributed by atoms with Crippen molar-refractivity contribution >= 4 is 23.0 Å². The minimum atomic E-state index is 0.0227. The smallest absolute Gasteiger partial charge is 0.240 e. The number of carbonyl (C=O) groups excluding carboxylic acids is 1. The number of amides is 1. The van der Waals surface area contributed by atoms with E-state index in [4.69, 9.17) is 0 Å². The number of nitrogens with one attached hydrogen (secondary N) is 1. The molecule has 1 rings (SSSR count). The van der Waals surface area contributed by atoms with Gasteiger partial charge in [0.2, 0.25) is 5.91 Å². The molecule has 4 heteroatoms. The number of hydrogen-bond donors (Lipinski definition) is 1. The Bertz CT molecular complexity index is 399. The number of hydrazone groups is 1. The maximum absolute atomic E-state index is 11.6. The molecule has 0 spiro atoms. The number of hydrogen-bond acceptors (Lipinski definition) is 3. The first-order valence-electron chi connectivity index (χ1n) is 7.61. The third-order valence-corrected chi connectivity index (χ3v) is 4.21. The van der Waals surface area contributed by atoms with E-state index in [0.29, 0.717) is 6.42 Å². The molecule has 20 heavy (non-hydrogen) atoms. The first-order chi connectivity index (χ1) is 9.74. The Morgan fingerprint density at radius 2 is 1.90 bits per heavy atom. The summed E-state index contributed by atoms with van der Waals surface area (Å²) in [5.41, 5.74) is 3.51. The Balaban J connectivity index is 2.07. The maximum atomic E-state index is 11.6. The molecule has 0 aliphatic carbocycles. The number of rotatable bonds is 10. The van der Waals surface area contributed by atoms with E-state index in [1.807, 2.05) is 24.4 Å². The molecule has 1 N–H and O–H groups in total. The Morgan fingerprint density at radius 3 is 2.55 bits per heavy atom. The minimum absolute atomic E-state index is 0.0227. The van der Waals surface area contributed by atoms with Gasteiger partial charge in [-0.15, -0.1) is 11.3 Å². The van der Waals surface area contributed by atoms with Crippen molar-refractivity contribution in [1.29, 1.82) is 0 Å². The second-order valence-corrected chi connectivity index (χ2v) is 6.03. The van der Waals surface area contributed by atoms with Gasteiger partial charge in [0.15, 0.2) is 0 Å². The molecular formula is C16H26N2OS. The Hall–Kier alpha value is -1.16. The largest absolute Gasteiger partial charge is 0.273 e. The molecule has 0 radical (unpaired) electrons. The van der Waals surface area contributed by atoms with Crippen LogP contribution in [-0.4, -0.2) is 11.6 Å². The van der Waals surface area contributed by atoms with Crippen LogP contribution >= 0.6 is 11.3 Å². The molecule has 1 heterocycles. The molecule has 0 unspecified atom stereocenters. The summed E-state index contributed by atoms with van der Waals surface area (Å²) in [7, 11) is 0. The summed E-state index contributed by atoms with van der Waals surface area (Å²) in [5.74, 6) is 0.0227. The normalized spacial score (nSPS) is 11.6. The van der Waals surface area contributed by atoms with E-state index in [-0.39, 0.29) is 5.91 Å². The predicted molar refractivity (Wildman–Crippen MR) is 87.3 cm³/mol. The topological polar surface area (TPSA) is 41.5 Å². The van der Waals surface area contributed by atoms with Gasteiger partial charge in [-0.3, -0.25) is 4.79 Å². The standard InChI is InChI=1S/C16H26N2OS/c1-3-4-5-6-7-8-9-12-16(19)18-17-14(2)15-11-10-13-20-15/h10-11,13H,3-9,12H2,1-2H3,(H,18,19)/b17-14+.